The van der Waals surface area contributed by atoms with E-state index in [1.54, 1.807) is 0 Å². The number of halogens is 1. The van der Waals surface area contributed by atoms with Crippen LogP contribution in [-0.2, 0) is 11.3 Å². The van der Waals surface area contributed by atoms with Gasteiger partial charge in [0.2, 0.25) is 0 Å². The highest BCUT2D eigenvalue weighted by Crippen LogP contribution is 2.27. The van der Waals surface area contributed by atoms with Crippen molar-refractivity contribution in [3.8, 4) is 5.75 Å². The van der Waals surface area contributed by atoms with E-state index < -0.39 is 0 Å². The van der Waals surface area contributed by atoms with Gasteiger partial charge in [0.05, 0.1) is 24.7 Å². The smallest absolute Gasteiger partial charge is 0.139 e. The van der Waals surface area contributed by atoms with Crippen LogP contribution in [0, 0.1) is 5.92 Å². The summed E-state index contributed by atoms with van der Waals surface area (Å²) < 4.78 is 11.9. The van der Waals surface area contributed by atoms with Gasteiger partial charge < -0.3 is 19.7 Å². The van der Waals surface area contributed by atoms with Crippen LogP contribution >= 0.6 is 12.4 Å². The third-order valence-corrected chi connectivity index (χ3v) is 6.21. The van der Waals surface area contributed by atoms with Crippen molar-refractivity contribution in [3.63, 3.8) is 0 Å². The topological polar surface area (TPSA) is 46.6 Å². The average molecular weight is 446 g/mol. The van der Waals surface area contributed by atoms with Crippen molar-refractivity contribution >= 4 is 18.1 Å². The Balaban J connectivity index is 0.00000272. The fraction of sp³-hybridized carbons (Fsp3) is 0.560. The first-order valence-electron chi connectivity index (χ1n) is 11.5. The maximum Gasteiger partial charge on any atom is 0.139 e. The number of benzene rings is 1. The van der Waals surface area contributed by atoms with Gasteiger partial charge in [-0.15, -0.1) is 12.4 Å². The number of hydrogen-bond acceptors (Lipinski definition) is 5. The van der Waals surface area contributed by atoms with Crippen LogP contribution in [0.4, 0.5) is 5.69 Å². The highest BCUT2D eigenvalue weighted by molar-refractivity contribution is 5.85. The lowest BCUT2D eigenvalue weighted by Gasteiger charge is -2.34. The molecule has 2 aromatic rings. The molecule has 5 nitrogen and oxygen atoms in total. The normalized spacial score (nSPS) is 21.0. The predicted octanol–water partition coefficient (Wildman–Crippen LogP) is 4.85. The van der Waals surface area contributed by atoms with Crippen LogP contribution in [0.2, 0.25) is 0 Å². The predicted molar refractivity (Wildman–Crippen MR) is 128 cm³/mol. The molecule has 1 unspecified atom stereocenters. The van der Waals surface area contributed by atoms with Gasteiger partial charge in [-0.25, -0.2) is 0 Å². The number of anilines is 1. The quantitative estimate of drug-likeness (QED) is 0.530. The molecule has 0 saturated carbocycles. The zero-order chi connectivity index (χ0) is 20.4. The fourth-order valence-corrected chi connectivity index (χ4v) is 4.53. The van der Waals surface area contributed by atoms with Crippen LogP contribution in [0.25, 0.3) is 0 Å². The largest absolute Gasteiger partial charge is 0.490 e. The summed E-state index contributed by atoms with van der Waals surface area (Å²) in [6.07, 6.45) is 11.2. The molecule has 2 saturated heterocycles. The van der Waals surface area contributed by atoms with Crippen molar-refractivity contribution in [1.82, 2.24) is 10.3 Å². The molecular formula is C25H36ClN3O2. The number of hydrogen-bond donors (Lipinski definition) is 1. The molecule has 4 rings (SSSR count). The van der Waals surface area contributed by atoms with Crippen molar-refractivity contribution in [1.29, 1.82) is 0 Å². The molecule has 6 heteroatoms. The third kappa shape index (κ3) is 7.67. The Bertz CT molecular complexity index is 755. The lowest BCUT2D eigenvalue weighted by atomic mass is 9.93. The highest BCUT2D eigenvalue weighted by atomic mass is 35.5. The Morgan fingerprint density at radius 1 is 1.10 bits per heavy atom. The molecule has 0 aliphatic carbocycles. The van der Waals surface area contributed by atoms with Gasteiger partial charge in [-0.05, 0) is 56.6 Å². The van der Waals surface area contributed by atoms with Gasteiger partial charge in [-0.1, -0.05) is 30.3 Å². The molecule has 0 radical (unpaired) electrons. The molecular weight excluding hydrogens is 410 g/mol. The van der Waals surface area contributed by atoms with E-state index in [-0.39, 0.29) is 12.4 Å². The van der Waals surface area contributed by atoms with Crippen molar-refractivity contribution in [3.05, 3.63) is 54.4 Å². The first kappa shape index (κ1) is 23.8. The first-order chi connectivity index (χ1) is 14.9. The second-order valence-electron chi connectivity index (χ2n) is 8.62. The zero-order valence-corrected chi connectivity index (χ0v) is 19.2. The standard InChI is InChI=1S/C25H35N3O2.ClH/c1-2-7-22(8-3-1)19-29-14-6-10-21-9-5-13-28(18-21)24-15-25(17-26-16-24)30-20-23-11-4-12-27-23;/h1-3,7-8,15-17,21,23,27H,4-6,9-14,18-20H2;1H/t21?,23-;/m0./s1. The summed E-state index contributed by atoms with van der Waals surface area (Å²) in [7, 11) is 0. The van der Waals surface area contributed by atoms with E-state index in [9.17, 15) is 0 Å². The summed E-state index contributed by atoms with van der Waals surface area (Å²) >= 11 is 0. The highest BCUT2D eigenvalue weighted by Gasteiger charge is 2.21. The molecule has 31 heavy (non-hydrogen) atoms. The van der Waals surface area contributed by atoms with E-state index in [0.29, 0.717) is 12.6 Å². The summed E-state index contributed by atoms with van der Waals surface area (Å²) in [6.45, 7) is 5.61. The van der Waals surface area contributed by atoms with Crippen LogP contribution < -0.4 is 15.0 Å². The second-order valence-corrected chi connectivity index (χ2v) is 8.62. The van der Waals surface area contributed by atoms with Crippen molar-refractivity contribution in [2.45, 2.75) is 51.2 Å². The maximum absolute atomic E-state index is 6.01. The number of rotatable bonds is 10. The summed E-state index contributed by atoms with van der Waals surface area (Å²) in [5, 5.41) is 3.48. The van der Waals surface area contributed by atoms with Gasteiger partial charge in [0.15, 0.2) is 0 Å². The Morgan fingerprint density at radius 2 is 2.00 bits per heavy atom. The van der Waals surface area contributed by atoms with E-state index >= 15 is 0 Å². The minimum atomic E-state index is 0. The van der Waals surface area contributed by atoms with Crippen molar-refractivity contribution in [2.75, 3.05) is 37.7 Å². The molecule has 1 N–H and O–H groups in total. The lowest BCUT2D eigenvalue weighted by Crippen LogP contribution is -2.35. The van der Waals surface area contributed by atoms with Gasteiger partial charge >= 0.3 is 0 Å². The fourth-order valence-electron chi connectivity index (χ4n) is 4.53. The van der Waals surface area contributed by atoms with E-state index in [4.69, 9.17) is 9.47 Å². The van der Waals surface area contributed by atoms with Gasteiger partial charge in [0, 0.05) is 31.8 Å². The number of nitrogens with one attached hydrogen (secondary N) is 1. The minimum absolute atomic E-state index is 0. The number of nitrogens with zero attached hydrogens (tertiary/aromatic N) is 2. The summed E-state index contributed by atoms with van der Waals surface area (Å²) in [6, 6.07) is 13.1. The van der Waals surface area contributed by atoms with Crippen molar-refractivity contribution < 1.29 is 9.47 Å². The number of pyridine rings is 1. The molecule has 0 amide bonds. The third-order valence-electron chi connectivity index (χ3n) is 6.21. The van der Waals surface area contributed by atoms with Gasteiger partial charge in [0.25, 0.3) is 0 Å². The molecule has 1 aromatic heterocycles. The maximum atomic E-state index is 6.01. The summed E-state index contributed by atoms with van der Waals surface area (Å²) in [5.41, 5.74) is 2.44. The van der Waals surface area contributed by atoms with Crippen LogP contribution in [0.5, 0.6) is 5.75 Å². The second kappa shape index (κ2) is 12.9. The van der Waals surface area contributed by atoms with Gasteiger partial charge in [-0.2, -0.15) is 0 Å². The van der Waals surface area contributed by atoms with Crippen LogP contribution in [0.1, 0.15) is 44.1 Å². The first-order valence-corrected chi connectivity index (χ1v) is 11.5. The number of aromatic nitrogens is 1. The monoisotopic (exact) mass is 445 g/mol. The van der Waals surface area contributed by atoms with E-state index in [0.717, 1.165) is 50.9 Å². The summed E-state index contributed by atoms with van der Waals surface area (Å²) in [5.74, 6) is 1.61. The van der Waals surface area contributed by atoms with E-state index in [2.05, 4.69) is 45.5 Å². The van der Waals surface area contributed by atoms with Crippen LogP contribution in [0.15, 0.2) is 48.8 Å². The minimum Gasteiger partial charge on any atom is -0.490 e. The number of ether oxygens (including phenoxy) is 2. The molecule has 0 bridgehead atoms. The van der Waals surface area contributed by atoms with E-state index in [1.165, 1.54) is 43.4 Å². The molecule has 2 fully saturated rings. The van der Waals surface area contributed by atoms with Gasteiger partial charge in [0.1, 0.15) is 12.4 Å². The molecule has 2 aliphatic rings. The average Bonchev–Trinajstić information content (AvgIpc) is 3.32. The molecule has 2 aliphatic heterocycles. The summed E-state index contributed by atoms with van der Waals surface area (Å²) in [4.78, 5) is 6.92. The lowest BCUT2D eigenvalue weighted by molar-refractivity contribution is 0.113. The van der Waals surface area contributed by atoms with Crippen molar-refractivity contribution in [2.24, 2.45) is 5.92 Å². The molecule has 0 spiro atoms. The Labute approximate surface area is 192 Å². The Kier molecular flexibility index (Phi) is 9.91. The molecule has 3 heterocycles. The van der Waals surface area contributed by atoms with Gasteiger partial charge in [-0.3, -0.25) is 4.98 Å². The van der Waals surface area contributed by atoms with Crippen LogP contribution in [0.3, 0.4) is 0 Å². The van der Waals surface area contributed by atoms with Crippen LogP contribution in [-0.4, -0.2) is 43.9 Å². The number of piperidine rings is 1. The molecule has 170 valence electrons. The Hall–Kier alpha value is -1.82. The SMILES string of the molecule is Cl.c1ccc(COCCCC2CCCN(c3cncc(OC[C@@H]4CCCN4)c3)C2)cc1. The Morgan fingerprint density at radius 3 is 2.84 bits per heavy atom. The molecule has 2 atom stereocenters. The van der Waals surface area contributed by atoms with E-state index in [1.807, 2.05) is 18.5 Å². The zero-order valence-electron chi connectivity index (χ0n) is 18.4. The molecule has 1 aromatic carbocycles.